The van der Waals surface area contributed by atoms with Gasteiger partial charge in [0, 0.05) is 6.42 Å². The molecule has 0 aliphatic carbocycles. The largest absolute Gasteiger partial charge is 1.00 e. The van der Waals surface area contributed by atoms with Crippen molar-refractivity contribution in [2.24, 2.45) is 5.92 Å². The van der Waals surface area contributed by atoms with Gasteiger partial charge in [-0.25, -0.2) is 8.42 Å². The topological polar surface area (TPSA) is 92.7 Å². The van der Waals surface area contributed by atoms with Crippen molar-refractivity contribution in [3.8, 4) is 0 Å². The molecular weight excluding hydrogens is 415 g/mol. The predicted octanol–water partition coefficient (Wildman–Crippen LogP) is 2.91. The third-order valence-electron chi connectivity index (χ3n) is 4.87. The maximum Gasteiger partial charge on any atom is 1.00 e. The molecule has 0 aliphatic heterocycles. The molecule has 0 saturated carbocycles. The van der Waals surface area contributed by atoms with E-state index in [0.29, 0.717) is 31.8 Å². The second-order valence-corrected chi connectivity index (χ2v) is 9.43. The van der Waals surface area contributed by atoms with Crippen molar-refractivity contribution in [3.05, 3.63) is 0 Å². The zero-order valence-electron chi connectivity index (χ0n) is 19.8. The van der Waals surface area contributed by atoms with Crippen LogP contribution in [0.3, 0.4) is 0 Å². The maximum absolute atomic E-state index is 11.5. The van der Waals surface area contributed by atoms with E-state index < -0.39 is 16.5 Å². The number of hydrogen-bond acceptors (Lipinski definition) is 6. The zero-order chi connectivity index (χ0) is 22.0. The summed E-state index contributed by atoms with van der Waals surface area (Å²) in [5.74, 6) is 0.247. The molecular formula is C22H43NaO6S. The Hall–Kier alpha value is 0.340. The Balaban J connectivity index is 0. The van der Waals surface area contributed by atoms with Crippen LogP contribution in [0.1, 0.15) is 117 Å². The molecule has 0 N–H and O–H groups in total. The van der Waals surface area contributed by atoms with Crippen LogP contribution in [0.25, 0.3) is 0 Å². The molecule has 0 aromatic carbocycles. The van der Waals surface area contributed by atoms with Crippen LogP contribution in [0.4, 0.5) is 0 Å². The molecule has 0 aromatic rings. The minimum absolute atomic E-state index is 0. The van der Waals surface area contributed by atoms with Crippen molar-refractivity contribution in [1.29, 1.82) is 0 Å². The molecule has 0 radical (unpaired) electrons. The quantitative estimate of drug-likeness (QED) is 0.0916. The molecule has 0 saturated heterocycles. The molecule has 30 heavy (non-hydrogen) atoms. The second-order valence-electron chi connectivity index (χ2n) is 8.42. The Kier molecular flexibility index (Phi) is 23.0. The minimum Gasteiger partial charge on any atom is -0.726 e. The van der Waals surface area contributed by atoms with Crippen molar-refractivity contribution < 1.29 is 56.2 Å². The summed E-state index contributed by atoms with van der Waals surface area (Å²) in [7, 11) is -4.64. The van der Waals surface area contributed by atoms with Crippen molar-refractivity contribution in [3.63, 3.8) is 0 Å². The van der Waals surface area contributed by atoms with Crippen molar-refractivity contribution >= 4 is 16.4 Å². The summed E-state index contributed by atoms with van der Waals surface area (Å²) >= 11 is 0. The molecule has 6 nitrogen and oxygen atoms in total. The molecule has 0 fully saturated rings. The number of hydrogen-bond donors (Lipinski definition) is 0. The Morgan fingerprint density at radius 2 is 1.30 bits per heavy atom. The maximum atomic E-state index is 11.5. The van der Waals surface area contributed by atoms with Crippen molar-refractivity contribution in [2.45, 2.75) is 123 Å². The van der Waals surface area contributed by atoms with Gasteiger partial charge in [0.25, 0.3) is 0 Å². The fourth-order valence-electron chi connectivity index (χ4n) is 3.24. The number of rotatable bonds is 20. The Morgan fingerprint density at radius 1 is 0.833 bits per heavy atom. The number of ether oxygens (including phenoxy) is 1. The third kappa shape index (κ3) is 24.6. The zero-order valence-corrected chi connectivity index (χ0v) is 22.6. The van der Waals surface area contributed by atoms with Gasteiger partial charge in [0.1, 0.15) is 0 Å². The molecule has 0 amide bonds. The minimum atomic E-state index is -4.64. The van der Waals surface area contributed by atoms with Gasteiger partial charge < -0.3 is 9.29 Å². The van der Waals surface area contributed by atoms with Crippen molar-refractivity contribution in [2.75, 3.05) is 6.61 Å². The molecule has 0 heterocycles. The van der Waals surface area contributed by atoms with Crippen LogP contribution >= 0.6 is 0 Å². The molecule has 0 spiro atoms. The molecule has 0 aliphatic rings. The molecule has 0 rings (SSSR count). The average Bonchev–Trinajstić information content (AvgIpc) is 2.63. The first-order chi connectivity index (χ1) is 13.7. The van der Waals surface area contributed by atoms with E-state index in [2.05, 4.69) is 6.92 Å². The summed E-state index contributed by atoms with van der Waals surface area (Å²) in [5.41, 5.74) is 0. The second kappa shape index (κ2) is 21.2. The third-order valence-corrected chi connectivity index (χ3v) is 5.38. The average molecular weight is 459 g/mol. The molecule has 8 heteroatoms. The normalized spacial score (nSPS) is 12.6. The fourth-order valence-corrected chi connectivity index (χ4v) is 3.77. The summed E-state index contributed by atoms with van der Waals surface area (Å²) in [6.07, 6.45) is 13.7. The van der Waals surface area contributed by atoms with E-state index in [4.69, 9.17) is 8.92 Å². The standard InChI is InChI=1S/C22H44O6S.Na/c1-4-5-6-7-10-13-16-21(28-29(24,25)26)17-14-11-8-9-12-15-18-22(23)27-19-20(2)3;/h20-21H,4-19H2,1-3H3,(H,24,25,26);/q;+1/p-1. The van der Waals surface area contributed by atoms with Crippen molar-refractivity contribution in [1.82, 2.24) is 0 Å². The van der Waals surface area contributed by atoms with E-state index in [0.717, 1.165) is 57.8 Å². The van der Waals surface area contributed by atoms with Crippen LogP contribution in [0.5, 0.6) is 0 Å². The number of carbonyl (C=O) groups is 1. The molecule has 1 atom stereocenters. The predicted molar refractivity (Wildman–Crippen MR) is 115 cm³/mol. The van der Waals surface area contributed by atoms with Gasteiger partial charge >= 0.3 is 35.5 Å². The van der Waals surface area contributed by atoms with E-state index >= 15 is 0 Å². The summed E-state index contributed by atoms with van der Waals surface area (Å²) in [4.78, 5) is 11.5. The van der Waals surface area contributed by atoms with E-state index in [1.807, 2.05) is 13.8 Å². The summed E-state index contributed by atoms with van der Waals surface area (Å²) < 4.78 is 42.7. The van der Waals surface area contributed by atoms with E-state index in [9.17, 15) is 17.8 Å². The van der Waals surface area contributed by atoms with E-state index in [1.54, 1.807) is 0 Å². The molecule has 1 unspecified atom stereocenters. The van der Waals surface area contributed by atoms with Gasteiger partial charge in [-0.15, -0.1) is 0 Å². The van der Waals surface area contributed by atoms with Crippen LogP contribution < -0.4 is 29.6 Å². The van der Waals surface area contributed by atoms with Crippen LogP contribution in [-0.2, 0) is 24.1 Å². The number of carbonyl (C=O) groups excluding carboxylic acids is 1. The van der Waals surface area contributed by atoms with E-state index in [1.165, 1.54) is 19.3 Å². The smallest absolute Gasteiger partial charge is 0.726 e. The van der Waals surface area contributed by atoms with Gasteiger partial charge in [0.05, 0.1) is 12.7 Å². The first-order valence-corrected chi connectivity index (χ1v) is 12.9. The number of unbranched alkanes of at least 4 members (excludes halogenated alkanes) is 10. The van der Waals surface area contributed by atoms with Gasteiger partial charge in [0.2, 0.25) is 10.4 Å². The van der Waals surface area contributed by atoms with Crippen LogP contribution in [-0.4, -0.2) is 31.7 Å². The van der Waals surface area contributed by atoms with Gasteiger partial charge in [-0.1, -0.05) is 91.4 Å². The summed E-state index contributed by atoms with van der Waals surface area (Å²) in [5, 5.41) is 0. The summed E-state index contributed by atoms with van der Waals surface area (Å²) in [6.45, 7) is 6.69. The SMILES string of the molecule is CCCCCCCCC(CCCCCCCCC(=O)OCC(C)C)OS(=O)(=O)[O-].[Na+]. The Labute approximate surface area is 207 Å². The van der Waals surface area contributed by atoms with Gasteiger partial charge in [-0.2, -0.15) is 0 Å². The summed E-state index contributed by atoms with van der Waals surface area (Å²) in [6, 6.07) is 0. The van der Waals surface area contributed by atoms with Crippen LogP contribution in [0.15, 0.2) is 0 Å². The first-order valence-electron chi connectivity index (χ1n) is 11.5. The Morgan fingerprint density at radius 3 is 1.77 bits per heavy atom. The molecule has 174 valence electrons. The monoisotopic (exact) mass is 458 g/mol. The van der Waals surface area contributed by atoms with Gasteiger partial charge in [-0.3, -0.25) is 8.98 Å². The number of esters is 1. The molecule has 0 bridgehead atoms. The van der Waals surface area contributed by atoms with E-state index in [-0.39, 0.29) is 35.5 Å². The van der Waals surface area contributed by atoms with Gasteiger partial charge in [0.15, 0.2) is 0 Å². The fraction of sp³-hybridized carbons (Fsp3) is 0.955. The molecule has 0 aromatic heterocycles. The van der Waals surface area contributed by atoms with Gasteiger partial charge in [-0.05, 0) is 25.2 Å². The van der Waals surface area contributed by atoms with Crippen LogP contribution in [0, 0.1) is 5.92 Å². The Bertz CT molecular complexity index is 496. The first kappa shape index (κ1) is 32.5. The van der Waals surface area contributed by atoms with Crippen LogP contribution in [0.2, 0.25) is 0 Å².